The van der Waals surface area contributed by atoms with Gasteiger partial charge in [0.2, 0.25) is 21.8 Å². The molecule has 1 unspecified atom stereocenters. The number of nitrogens with one attached hydrogen (secondary N) is 1. The molecule has 6 rings (SSSR count). The highest BCUT2D eigenvalue weighted by Gasteiger charge is 2.49. The lowest BCUT2D eigenvalue weighted by Gasteiger charge is -2.25. The Morgan fingerprint density at radius 2 is 2.05 bits per heavy atom. The average molecular weight is 556 g/mol. The van der Waals surface area contributed by atoms with Crippen molar-refractivity contribution in [2.45, 2.75) is 30.2 Å². The third kappa shape index (κ3) is 4.27. The van der Waals surface area contributed by atoms with E-state index in [1.165, 1.54) is 22.7 Å². The van der Waals surface area contributed by atoms with Crippen LogP contribution in [-0.2, 0) is 26.8 Å². The van der Waals surface area contributed by atoms with E-state index < -0.39 is 10.0 Å². The van der Waals surface area contributed by atoms with E-state index in [1.807, 2.05) is 34.5 Å². The minimum Gasteiger partial charge on any atom is -0.481 e. The summed E-state index contributed by atoms with van der Waals surface area (Å²) in [5.74, 6) is 0.549. The van der Waals surface area contributed by atoms with Gasteiger partial charge in [-0.1, -0.05) is 17.4 Å². The highest BCUT2D eigenvalue weighted by atomic mass is 32.2. The van der Waals surface area contributed by atoms with E-state index >= 15 is 0 Å². The molecule has 1 atom stereocenters. The monoisotopic (exact) mass is 555 g/mol. The number of thiophene rings is 1. The predicted octanol–water partition coefficient (Wildman–Crippen LogP) is 3.88. The number of aromatic nitrogens is 2. The smallest absolute Gasteiger partial charge is 0.240 e. The average Bonchev–Trinajstić information content (AvgIpc) is 3.68. The molecule has 1 saturated heterocycles. The number of thiazole rings is 1. The number of ether oxygens (including phenoxy) is 1. The van der Waals surface area contributed by atoms with Gasteiger partial charge in [-0.2, -0.15) is 0 Å². The van der Waals surface area contributed by atoms with Crippen LogP contribution < -0.4 is 14.4 Å². The summed E-state index contributed by atoms with van der Waals surface area (Å²) in [5.41, 5.74) is 2.23. The highest BCUT2D eigenvalue weighted by molar-refractivity contribution is 7.89. The molecule has 9 nitrogen and oxygen atoms in total. The maximum atomic E-state index is 13.2. The lowest BCUT2D eigenvalue weighted by Crippen LogP contribution is -2.36. The molecule has 1 aromatic carbocycles. The normalized spacial score (nSPS) is 19.2. The molecule has 1 amide bonds. The number of anilines is 2. The van der Waals surface area contributed by atoms with Crippen LogP contribution in [0.1, 0.15) is 23.8 Å². The van der Waals surface area contributed by atoms with Gasteiger partial charge in [-0.25, -0.2) is 23.1 Å². The third-order valence-corrected chi connectivity index (χ3v) is 10.3. The molecule has 2 aliphatic heterocycles. The van der Waals surface area contributed by atoms with E-state index in [4.69, 9.17) is 9.72 Å². The quantitative estimate of drug-likeness (QED) is 0.385. The van der Waals surface area contributed by atoms with Crippen LogP contribution in [0, 0.1) is 0 Å². The van der Waals surface area contributed by atoms with Gasteiger partial charge >= 0.3 is 0 Å². The van der Waals surface area contributed by atoms with Gasteiger partial charge in [-0.15, -0.1) is 11.3 Å². The van der Waals surface area contributed by atoms with Crippen LogP contribution in [0.25, 0.3) is 10.3 Å². The van der Waals surface area contributed by atoms with Crippen LogP contribution in [0.4, 0.5) is 10.8 Å². The molecular formula is C25H25N5O4S3. The maximum Gasteiger partial charge on any atom is 0.240 e. The first-order valence-corrected chi connectivity index (χ1v) is 15.0. The van der Waals surface area contributed by atoms with Gasteiger partial charge in [-0.3, -0.25) is 4.79 Å². The van der Waals surface area contributed by atoms with Crippen molar-refractivity contribution >= 4 is 59.8 Å². The van der Waals surface area contributed by atoms with Crippen LogP contribution >= 0.6 is 22.7 Å². The number of amides is 1. The second kappa shape index (κ2) is 9.05. The molecule has 0 aliphatic carbocycles. The minimum absolute atomic E-state index is 0.0227. The van der Waals surface area contributed by atoms with E-state index in [2.05, 4.69) is 14.6 Å². The Hall–Kier alpha value is -3.06. The molecular weight excluding hydrogens is 531 g/mol. The fourth-order valence-corrected chi connectivity index (χ4v) is 7.87. The van der Waals surface area contributed by atoms with Crippen molar-refractivity contribution in [2.24, 2.45) is 0 Å². The van der Waals surface area contributed by atoms with E-state index in [-0.39, 0.29) is 22.8 Å². The van der Waals surface area contributed by atoms with Gasteiger partial charge in [0, 0.05) is 55.1 Å². The zero-order valence-corrected chi connectivity index (χ0v) is 22.8. The predicted molar refractivity (Wildman–Crippen MR) is 144 cm³/mol. The van der Waals surface area contributed by atoms with Crippen LogP contribution in [0.5, 0.6) is 5.88 Å². The summed E-state index contributed by atoms with van der Waals surface area (Å²) in [6.45, 7) is 3.60. The molecule has 1 fully saturated rings. The van der Waals surface area contributed by atoms with Gasteiger partial charge in [0.05, 0.1) is 12.0 Å². The summed E-state index contributed by atoms with van der Waals surface area (Å²) in [7, 11) is -2.14. The van der Waals surface area contributed by atoms with Crippen LogP contribution in [0.2, 0.25) is 0 Å². The van der Waals surface area contributed by atoms with Crippen molar-refractivity contribution in [3.8, 4) is 5.88 Å². The Morgan fingerprint density at radius 3 is 2.78 bits per heavy atom. The Kier molecular flexibility index (Phi) is 5.94. The standard InChI is InChI=1S/C25H25N5O4S3/c1-16(31)29-10-9-25(14-29)15-30(24-27-20-6-8-22(34-2)28-23(20)36-24)21-7-5-18(12-19(21)25)37(32,33)26-13-17-4-3-11-35-17/h3-8,11-12,26H,9-10,13-15H2,1-2H3. The van der Waals surface area contributed by atoms with Crippen molar-refractivity contribution in [3.05, 3.63) is 58.3 Å². The summed E-state index contributed by atoms with van der Waals surface area (Å²) in [6, 6.07) is 12.8. The largest absolute Gasteiger partial charge is 0.481 e. The van der Waals surface area contributed by atoms with Crippen LogP contribution in [-0.4, -0.2) is 55.9 Å². The maximum absolute atomic E-state index is 13.2. The summed E-state index contributed by atoms with van der Waals surface area (Å²) in [5, 5.41) is 2.70. The fourth-order valence-electron chi connectivity index (χ4n) is 5.16. The zero-order valence-electron chi connectivity index (χ0n) is 20.3. The summed E-state index contributed by atoms with van der Waals surface area (Å²) >= 11 is 2.98. The first kappa shape index (κ1) is 24.3. The van der Waals surface area contributed by atoms with Crippen LogP contribution in [0.15, 0.2) is 52.7 Å². The SMILES string of the molecule is COc1ccc2nc(N3CC4(CCN(C(C)=O)C4)c4cc(S(=O)(=O)NCc5cccs5)ccc43)sc2n1. The summed E-state index contributed by atoms with van der Waals surface area (Å²) in [4.78, 5) is 27.5. The molecule has 1 N–H and O–H groups in total. The molecule has 5 heterocycles. The highest BCUT2D eigenvalue weighted by Crippen LogP contribution is 2.50. The van der Waals surface area contributed by atoms with Gasteiger partial charge in [0.25, 0.3) is 0 Å². The van der Waals surface area contributed by atoms with Crippen molar-refractivity contribution in [1.29, 1.82) is 0 Å². The first-order chi connectivity index (χ1) is 17.8. The molecule has 192 valence electrons. The number of benzene rings is 1. The number of fused-ring (bicyclic) bond motifs is 3. The number of hydrogen-bond donors (Lipinski definition) is 1. The lowest BCUT2D eigenvalue weighted by molar-refractivity contribution is -0.127. The Bertz CT molecular complexity index is 1600. The number of likely N-dealkylation sites (tertiary alicyclic amines) is 1. The van der Waals surface area contributed by atoms with Gasteiger partial charge < -0.3 is 14.5 Å². The van der Waals surface area contributed by atoms with Crippen molar-refractivity contribution in [2.75, 3.05) is 31.6 Å². The van der Waals surface area contributed by atoms with Crippen LogP contribution in [0.3, 0.4) is 0 Å². The molecule has 0 bridgehead atoms. The Morgan fingerprint density at radius 1 is 1.19 bits per heavy atom. The number of carbonyl (C=O) groups is 1. The summed E-state index contributed by atoms with van der Waals surface area (Å²) < 4.78 is 34.4. The fraction of sp³-hybridized carbons (Fsp3) is 0.320. The first-order valence-electron chi connectivity index (χ1n) is 11.8. The molecule has 0 radical (unpaired) electrons. The molecule has 12 heteroatoms. The van der Waals surface area contributed by atoms with E-state index in [1.54, 1.807) is 32.2 Å². The van der Waals surface area contributed by atoms with Gasteiger partial charge in [0.1, 0.15) is 10.3 Å². The number of methoxy groups -OCH3 is 1. The minimum atomic E-state index is -3.72. The third-order valence-electron chi connectivity index (χ3n) is 7.08. The number of sulfonamides is 1. The Labute approximate surface area is 222 Å². The zero-order chi connectivity index (χ0) is 25.8. The topological polar surface area (TPSA) is 105 Å². The molecule has 4 aromatic rings. The van der Waals surface area contributed by atoms with Gasteiger partial charge in [0.15, 0.2) is 5.13 Å². The van der Waals surface area contributed by atoms with Crippen molar-refractivity contribution in [1.82, 2.24) is 19.6 Å². The second-order valence-corrected chi connectivity index (χ2v) is 13.1. The summed E-state index contributed by atoms with van der Waals surface area (Å²) in [6.07, 6.45) is 0.749. The Balaban J connectivity index is 1.40. The number of pyridine rings is 1. The number of nitrogens with zero attached hydrogens (tertiary/aromatic N) is 4. The molecule has 2 aliphatic rings. The second-order valence-electron chi connectivity index (χ2n) is 9.31. The van der Waals surface area contributed by atoms with E-state index in [0.29, 0.717) is 25.5 Å². The van der Waals surface area contributed by atoms with Gasteiger partial charge in [-0.05, 0) is 47.7 Å². The number of hydrogen-bond acceptors (Lipinski definition) is 9. The van der Waals surface area contributed by atoms with Crippen molar-refractivity contribution in [3.63, 3.8) is 0 Å². The lowest BCUT2D eigenvalue weighted by atomic mass is 9.81. The number of rotatable bonds is 6. The van der Waals surface area contributed by atoms with E-state index in [0.717, 1.165) is 38.0 Å². The molecule has 0 saturated carbocycles. The molecule has 1 spiro atoms. The molecule has 37 heavy (non-hydrogen) atoms. The molecule has 3 aromatic heterocycles. The number of carbonyl (C=O) groups excluding carboxylic acids is 1. The van der Waals surface area contributed by atoms with Crippen molar-refractivity contribution < 1.29 is 17.9 Å². The van der Waals surface area contributed by atoms with E-state index in [9.17, 15) is 13.2 Å².